The molecule has 2 aromatic heterocycles. The van der Waals surface area contributed by atoms with Gasteiger partial charge < -0.3 is 15.0 Å². The lowest BCUT2D eigenvalue weighted by atomic mass is 9.90. The van der Waals surface area contributed by atoms with Crippen LogP contribution < -0.4 is 5.32 Å². The molecule has 34 heavy (non-hydrogen) atoms. The van der Waals surface area contributed by atoms with Gasteiger partial charge in [0.1, 0.15) is 29.4 Å². The molecule has 2 aromatic carbocycles. The van der Waals surface area contributed by atoms with Gasteiger partial charge in [-0.25, -0.2) is 18.7 Å². The average Bonchev–Trinajstić information content (AvgIpc) is 3.24. The predicted octanol–water partition coefficient (Wildman–Crippen LogP) is 5.11. The average molecular weight is 464 g/mol. The maximum atomic E-state index is 14.4. The van der Waals surface area contributed by atoms with Gasteiger partial charge in [-0.2, -0.15) is 0 Å². The Morgan fingerprint density at radius 3 is 2.59 bits per heavy atom. The molecule has 6 nitrogen and oxygen atoms in total. The summed E-state index contributed by atoms with van der Waals surface area (Å²) in [5.41, 5.74) is 2.70. The van der Waals surface area contributed by atoms with E-state index >= 15 is 0 Å². The van der Waals surface area contributed by atoms with Gasteiger partial charge >= 0.3 is 0 Å². The lowest BCUT2D eigenvalue weighted by Gasteiger charge is -2.39. The van der Waals surface area contributed by atoms with E-state index in [0.717, 1.165) is 85.8 Å². The fraction of sp³-hybridized carbons (Fsp3) is 0.385. The second-order valence-electron chi connectivity index (χ2n) is 9.25. The Hall–Kier alpha value is -3.10. The number of fused-ring (bicyclic) bond motifs is 3. The van der Waals surface area contributed by atoms with E-state index in [2.05, 4.69) is 25.2 Å². The van der Waals surface area contributed by atoms with E-state index < -0.39 is 11.6 Å². The summed E-state index contributed by atoms with van der Waals surface area (Å²) in [6, 6.07) is 10.3. The van der Waals surface area contributed by atoms with Crippen LogP contribution in [0.15, 0.2) is 42.7 Å². The molecular formula is C26H27F2N5O. The van der Waals surface area contributed by atoms with Gasteiger partial charge in [0.2, 0.25) is 0 Å². The molecule has 0 bridgehead atoms. The van der Waals surface area contributed by atoms with Crippen molar-refractivity contribution in [1.82, 2.24) is 19.9 Å². The number of hydrogen-bond donors (Lipinski definition) is 2. The van der Waals surface area contributed by atoms with Crippen LogP contribution in [0.1, 0.15) is 25.7 Å². The number of benzene rings is 2. The van der Waals surface area contributed by atoms with E-state index in [1.165, 1.54) is 12.1 Å². The second-order valence-corrected chi connectivity index (χ2v) is 9.25. The zero-order chi connectivity index (χ0) is 23.1. The Balaban J connectivity index is 1.28. The van der Waals surface area contributed by atoms with Crippen LogP contribution >= 0.6 is 0 Å². The molecule has 4 aromatic rings. The first-order chi connectivity index (χ1) is 16.7. The van der Waals surface area contributed by atoms with Crippen molar-refractivity contribution in [2.45, 2.75) is 37.8 Å². The molecule has 0 radical (unpaired) electrons. The number of ether oxygens (including phenoxy) is 1. The first-order valence-corrected chi connectivity index (χ1v) is 12.0. The number of aromatic amines is 1. The zero-order valence-electron chi connectivity index (χ0n) is 18.9. The van der Waals surface area contributed by atoms with Crippen molar-refractivity contribution < 1.29 is 13.5 Å². The molecule has 0 spiro atoms. The highest BCUT2D eigenvalue weighted by Gasteiger charge is 2.27. The topological polar surface area (TPSA) is 66.1 Å². The summed E-state index contributed by atoms with van der Waals surface area (Å²) in [6.07, 6.45) is 6.06. The van der Waals surface area contributed by atoms with Gasteiger partial charge in [-0.05, 0) is 55.5 Å². The number of hydrogen-bond acceptors (Lipinski definition) is 5. The molecule has 6 rings (SSSR count). The van der Waals surface area contributed by atoms with Gasteiger partial charge in [-0.3, -0.25) is 4.90 Å². The fourth-order valence-electron chi connectivity index (χ4n) is 5.44. The molecule has 8 heteroatoms. The first kappa shape index (κ1) is 21.4. The number of halogens is 2. The quantitative estimate of drug-likeness (QED) is 0.440. The van der Waals surface area contributed by atoms with Crippen molar-refractivity contribution in [3.63, 3.8) is 0 Å². The SMILES string of the molecule is Fc1ccc(-c2ccc3[nH]c4ncnc(N[C@H]5CC[C@H](N6CCOCC6)CC5)c4c3c2)c(F)c1. The summed E-state index contributed by atoms with van der Waals surface area (Å²) in [5.74, 6) is -0.369. The molecule has 176 valence electrons. The van der Waals surface area contributed by atoms with E-state index in [1.807, 2.05) is 18.2 Å². The number of anilines is 1. The monoisotopic (exact) mass is 463 g/mol. The predicted molar refractivity (Wildman–Crippen MR) is 129 cm³/mol. The Morgan fingerprint density at radius 2 is 1.79 bits per heavy atom. The molecule has 0 atom stereocenters. The van der Waals surface area contributed by atoms with Crippen LogP contribution in [0.2, 0.25) is 0 Å². The maximum Gasteiger partial charge on any atom is 0.143 e. The van der Waals surface area contributed by atoms with Gasteiger partial charge in [-0.1, -0.05) is 6.07 Å². The third kappa shape index (κ3) is 4.01. The van der Waals surface area contributed by atoms with Gasteiger partial charge in [0.15, 0.2) is 0 Å². The highest BCUT2D eigenvalue weighted by Crippen LogP contribution is 2.35. The van der Waals surface area contributed by atoms with Crippen molar-refractivity contribution >= 4 is 27.8 Å². The molecule has 1 saturated heterocycles. The number of nitrogens with one attached hydrogen (secondary N) is 2. The summed E-state index contributed by atoms with van der Waals surface area (Å²) in [6.45, 7) is 3.73. The van der Waals surface area contributed by atoms with Crippen LogP contribution in [0.25, 0.3) is 33.1 Å². The van der Waals surface area contributed by atoms with Gasteiger partial charge in [0.25, 0.3) is 0 Å². The molecule has 2 fully saturated rings. The van der Waals surface area contributed by atoms with Crippen LogP contribution in [-0.2, 0) is 4.74 Å². The molecule has 1 aliphatic carbocycles. The van der Waals surface area contributed by atoms with Crippen molar-refractivity contribution in [3.05, 3.63) is 54.4 Å². The fourth-order valence-corrected chi connectivity index (χ4v) is 5.44. The van der Waals surface area contributed by atoms with Gasteiger partial charge in [-0.15, -0.1) is 0 Å². The molecule has 1 saturated carbocycles. The van der Waals surface area contributed by atoms with Gasteiger partial charge in [0.05, 0.1) is 18.6 Å². The summed E-state index contributed by atoms with van der Waals surface area (Å²) in [5, 5.41) is 5.48. The Morgan fingerprint density at radius 1 is 0.971 bits per heavy atom. The molecule has 2 aliphatic rings. The maximum absolute atomic E-state index is 14.4. The second kappa shape index (κ2) is 8.92. The minimum absolute atomic E-state index is 0.345. The Kier molecular flexibility index (Phi) is 5.63. The minimum atomic E-state index is -0.586. The van der Waals surface area contributed by atoms with Crippen molar-refractivity contribution in [3.8, 4) is 11.1 Å². The van der Waals surface area contributed by atoms with Crippen molar-refractivity contribution in [2.24, 2.45) is 0 Å². The standard InChI is InChI=1S/C26H27F2N5O/c27-17-2-7-20(22(28)14-17)16-1-8-23-21(13-16)24-25(29-15-30-26(24)32-23)31-18-3-5-19(6-4-18)33-9-11-34-12-10-33/h1-2,7-8,13-15,18-19H,3-6,9-12H2,(H2,29,30,31,32)/t18-,19-. The highest BCUT2D eigenvalue weighted by molar-refractivity contribution is 6.12. The summed E-state index contributed by atoms with van der Waals surface area (Å²) in [4.78, 5) is 14.9. The van der Waals surface area contributed by atoms with E-state index in [4.69, 9.17) is 4.74 Å². The van der Waals surface area contributed by atoms with Gasteiger partial charge in [0, 0.05) is 47.7 Å². The smallest absolute Gasteiger partial charge is 0.143 e. The summed E-state index contributed by atoms with van der Waals surface area (Å²) >= 11 is 0. The third-order valence-corrected chi connectivity index (χ3v) is 7.23. The van der Waals surface area contributed by atoms with E-state index in [1.54, 1.807) is 6.33 Å². The number of rotatable bonds is 4. The number of nitrogens with zero attached hydrogens (tertiary/aromatic N) is 3. The molecule has 3 heterocycles. The molecule has 1 aliphatic heterocycles. The van der Waals surface area contributed by atoms with Crippen molar-refractivity contribution in [1.29, 1.82) is 0 Å². The number of morpholine rings is 1. The molecule has 2 N–H and O–H groups in total. The van der Waals surface area contributed by atoms with Crippen LogP contribution in [0.3, 0.4) is 0 Å². The summed E-state index contributed by atoms with van der Waals surface area (Å²) < 4.78 is 33.3. The van der Waals surface area contributed by atoms with E-state index in [9.17, 15) is 8.78 Å². The normalized spacial score (nSPS) is 21.8. The Labute approximate surface area is 196 Å². The lowest BCUT2D eigenvalue weighted by molar-refractivity contribution is 0.00791. The first-order valence-electron chi connectivity index (χ1n) is 12.0. The van der Waals surface area contributed by atoms with Crippen LogP contribution in [0.4, 0.5) is 14.6 Å². The Bertz CT molecular complexity index is 1330. The molecule has 0 amide bonds. The largest absolute Gasteiger partial charge is 0.379 e. The van der Waals surface area contributed by atoms with Crippen LogP contribution in [0.5, 0.6) is 0 Å². The highest BCUT2D eigenvalue weighted by atomic mass is 19.1. The van der Waals surface area contributed by atoms with Crippen molar-refractivity contribution in [2.75, 3.05) is 31.6 Å². The lowest BCUT2D eigenvalue weighted by Crippen LogP contribution is -2.46. The van der Waals surface area contributed by atoms with Crippen LogP contribution in [-0.4, -0.2) is 58.2 Å². The summed E-state index contributed by atoms with van der Waals surface area (Å²) in [7, 11) is 0. The zero-order valence-corrected chi connectivity index (χ0v) is 18.9. The van der Waals surface area contributed by atoms with E-state index in [-0.39, 0.29) is 0 Å². The number of aromatic nitrogens is 3. The minimum Gasteiger partial charge on any atom is -0.379 e. The van der Waals surface area contributed by atoms with Crippen LogP contribution in [0, 0.1) is 11.6 Å². The molecular weight excluding hydrogens is 436 g/mol. The third-order valence-electron chi connectivity index (χ3n) is 7.23. The van der Waals surface area contributed by atoms with E-state index in [0.29, 0.717) is 23.2 Å². The molecule has 0 unspecified atom stereocenters. The number of H-pyrrole nitrogens is 1.